The van der Waals surface area contributed by atoms with Gasteiger partial charge in [-0.15, -0.1) is 11.8 Å². The Morgan fingerprint density at radius 2 is 1.88 bits per heavy atom. The number of allylic oxidation sites excluding steroid dienone is 2. The van der Waals surface area contributed by atoms with E-state index < -0.39 is 40.6 Å². The van der Waals surface area contributed by atoms with Crippen molar-refractivity contribution in [3.8, 4) is 11.8 Å². The second-order valence-electron chi connectivity index (χ2n) is 14.2. The number of piperazine rings is 1. The van der Waals surface area contributed by atoms with Crippen molar-refractivity contribution in [3.63, 3.8) is 0 Å². The summed E-state index contributed by atoms with van der Waals surface area (Å²) in [5, 5.41) is 12.1. The Balaban J connectivity index is 1.25. The molecule has 2 saturated heterocycles. The van der Waals surface area contributed by atoms with E-state index in [9.17, 15) is 18.4 Å². The van der Waals surface area contributed by atoms with Crippen molar-refractivity contribution in [1.29, 1.82) is 5.26 Å². The number of thioether (sulfide) groups is 1. The van der Waals surface area contributed by atoms with Crippen LogP contribution < -0.4 is 4.74 Å². The van der Waals surface area contributed by atoms with E-state index in [1.807, 2.05) is 18.0 Å². The monoisotopic (exact) mass is 841 g/mol. The molecule has 17 heteroatoms. The molecule has 3 aromatic carbocycles. The van der Waals surface area contributed by atoms with Gasteiger partial charge in [-0.1, -0.05) is 36.4 Å². The minimum Gasteiger partial charge on any atom is -0.490 e. The minimum absolute atomic E-state index is 0.0666. The van der Waals surface area contributed by atoms with Gasteiger partial charge in [0.05, 0.1) is 55.3 Å². The number of halogens is 3. The average molecular weight is 842 g/mol. The Kier molecular flexibility index (Phi) is 14.9. The van der Waals surface area contributed by atoms with Gasteiger partial charge in [-0.05, 0) is 44.3 Å². The van der Waals surface area contributed by atoms with Gasteiger partial charge in [-0.2, -0.15) is 10.4 Å². The normalized spacial score (nSPS) is 19.1. The third-order valence-electron chi connectivity index (χ3n) is 10.1. The summed E-state index contributed by atoms with van der Waals surface area (Å²) in [4.78, 5) is 37.6. The van der Waals surface area contributed by atoms with Gasteiger partial charge in [-0.3, -0.25) is 14.5 Å². The lowest BCUT2D eigenvalue weighted by Crippen LogP contribution is -2.48. The molecule has 60 heavy (non-hydrogen) atoms. The van der Waals surface area contributed by atoms with Gasteiger partial charge in [0.2, 0.25) is 5.69 Å². The van der Waals surface area contributed by atoms with Crippen molar-refractivity contribution >= 4 is 35.8 Å². The average Bonchev–Trinajstić information content (AvgIpc) is 3.76. The van der Waals surface area contributed by atoms with Crippen LogP contribution in [0.4, 0.5) is 18.9 Å². The summed E-state index contributed by atoms with van der Waals surface area (Å²) in [6, 6.07) is 12.1. The highest BCUT2D eigenvalue weighted by Crippen LogP contribution is 2.46. The molecular weight excluding hydrogens is 800 g/mol. The fourth-order valence-corrected chi connectivity index (χ4v) is 8.14. The first kappa shape index (κ1) is 43.8. The second kappa shape index (κ2) is 20.4. The van der Waals surface area contributed by atoms with Crippen LogP contribution in [0.3, 0.4) is 0 Å². The number of esters is 1. The van der Waals surface area contributed by atoms with Crippen LogP contribution in [0.1, 0.15) is 39.5 Å². The molecule has 0 radical (unpaired) electrons. The lowest BCUT2D eigenvalue weighted by atomic mass is 9.89. The lowest BCUT2D eigenvalue weighted by molar-refractivity contribution is -0.147. The molecule has 2 aliphatic heterocycles. The van der Waals surface area contributed by atoms with Crippen molar-refractivity contribution in [2.45, 2.75) is 42.5 Å². The molecule has 0 saturated carbocycles. The number of rotatable bonds is 16. The zero-order valence-corrected chi connectivity index (χ0v) is 33.7. The summed E-state index contributed by atoms with van der Waals surface area (Å²) in [6.45, 7) is 12.7. The molecule has 0 unspecified atom stereocenters. The van der Waals surface area contributed by atoms with Crippen LogP contribution in [-0.4, -0.2) is 107 Å². The highest BCUT2D eigenvalue weighted by Gasteiger charge is 2.46. The van der Waals surface area contributed by atoms with Crippen LogP contribution >= 0.6 is 11.8 Å². The molecule has 0 amide bonds. The molecule has 2 atom stereocenters. The van der Waals surface area contributed by atoms with E-state index in [-0.39, 0.29) is 71.9 Å². The van der Waals surface area contributed by atoms with Gasteiger partial charge >= 0.3 is 5.97 Å². The topological polar surface area (TPSA) is 136 Å². The van der Waals surface area contributed by atoms with E-state index in [1.54, 1.807) is 31.2 Å². The van der Waals surface area contributed by atoms with Crippen molar-refractivity contribution in [3.05, 3.63) is 136 Å². The van der Waals surface area contributed by atoms with Crippen LogP contribution in [0.25, 0.3) is 10.9 Å². The molecule has 0 spiro atoms. The van der Waals surface area contributed by atoms with E-state index >= 15 is 4.39 Å². The number of hydrogen-bond donors (Lipinski definition) is 0. The molecule has 2 fully saturated rings. The van der Waals surface area contributed by atoms with Crippen LogP contribution in [0.15, 0.2) is 79.4 Å². The molecule has 0 aliphatic carbocycles. The zero-order chi connectivity index (χ0) is 42.6. The first-order valence-corrected chi connectivity index (χ1v) is 19.9. The summed E-state index contributed by atoms with van der Waals surface area (Å²) in [7, 11) is 2.01. The summed E-state index contributed by atoms with van der Waals surface area (Å²) in [6.07, 6.45) is 8.92. The van der Waals surface area contributed by atoms with E-state index in [0.29, 0.717) is 24.9 Å². The largest absolute Gasteiger partial charge is 0.490 e. The second-order valence-corrected chi connectivity index (χ2v) is 15.8. The summed E-state index contributed by atoms with van der Waals surface area (Å²) in [5.41, 5.74) is -1.23. The number of nitrogens with zero attached hydrogens (tertiary/aromatic N) is 7. The molecule has 2 aliphatic rings. The summed E-state index contributed by atoms with van der Waals surface area (Å²) >= 11 is 1.33. The van der Waals surface area contributed by atoms with Gasteiger partial charge in [0.15, 0.2) is 18.2 Å². The quantitative estimate of drug-likeness (QED) is 0.0540. The standard InChI is InChI=1S/C43H42F3N7O6S/c1-29(60-34-24-57-41(58-25-34)7-5-4-6-31-9-8-30(20-47)18-37(31)45)43(26-53-28-49-27-50-53,36-12-11-33(44)19-38(36)46)59-42-35(22-54)32(10-13-39(42)48-2)23-56-40(55)21-52-16-14-51(3)15-17-52/h4-13,18-19,22,27-29,34,41H,14-17,21,23-26H2,1,3H3/b6-4+,7-5+/t29-,34?,41?,43-/m1/s1. The molecule has 312 valence electrons. The fraction of sp³-hybridized carbons (Fsp3) is 0.349. The number of carbonyl (C=O) groups is 2. The van der Waals surface area contributed by atoms with Crippen LogP contribution in [0, 0.1) is 35.4 Å². The first-order valence-electron chi connectivity index (χ1n) is 19.0. The molecule has 3 heterocycles. The van der Waals surface area contributed by atoms with Crippen LogP contribution in [-0.2, 0) is 37.8 Å². The summed E-state index contributed by atoms with van der Waals surface area (Å²) in [5.74, 6) is -2.97. The maximum Gasteiger partial charge on any atom is 0.320 e. The maximum absolute atomic E-state index is 16.2. The fourth-order valence-electron chi connectivity index (χ4n) is 6.78. The van der Waals surface area contributed by atoms with Crippen LogP contribution in [0.5, 0.6) is 5.75 Å². The van der Waals surface area contributed by atoms with Crippen molar-refractivity contribution < 1.29 is 41.7 Å². The molecule has 13 nitrogen and oxygen atoms in total. The molecule has 0 N–H and O–H groups in total. The molecule has 0 bridgehead atoms. The van der Waals surface area contributed by atoms with Crippen molar-refractivity contribution in [2.75, 3.05) is 53.0 Å². The first-order chi connectivity index (χ1) is 29.0. The highest BCUT2D eigenvalue weighted by atomic mass is 32.2. The zero-order valence-electron chi connectivity index (χ0n) is 32.9. The molecule has 6 rings (SSSR count). The predicted octanol–water partition coefficient (Wildman–Crippen LogP) is 6.33. The SMILES string of the molecule is [C-]#[N+]c1ccc(COC(=O)CN2CCN(C)CC2)c(C=O)c1O[C@@](Cn1cncn1)(c1ccc(F)cc1F)[C@@H](C)SC1COC(/C=C/C=C/c2ccc(C#N)cc2F)OC1. The lowest BCUT2D eigenvalue weighted by Gasteiger charge is -2.42. The number of carbonyl (C=O) groups excluding carboxylic acids is 2. The minimum atomic E-state index is -1.79. The van der Waals surface area contributed by atoms with Gasteiger partial charge in [0, 0.05) is 54.2 Å². The number of ether oxygens (including phenoxy) is 4. The predicted molar refractivity (Wildman–Crippen MR) is 216 cm³/mol. The van der Waals surface area contributed by atoms with Crippen LogP contribution in [0.2, 0.25) is 0 Å². The molecular formula is C43H42F3N7O6S. The Morgan fingerprint density at radius 3 is 2.55 bits per heavy atom. The number of aldehydes is 1. The third kappa shape index (κ3) is 10.9. The van der Waals surface area contributed by atoms with Crippen molar-refractivity contribution in [2.24, 2.45) is 0 Å². The highest BCUT2D eigenvalue weighted by molar-refractivity contribution is 8.00. The Hall–Kier alpha value is -5.82. The van der Waals surface area contributed by atoms with Gasteiger partial charge in [-0.25, -0.2) is 27.7 Å². The number of benzene rings is 3. The Bertz CT molecular complexity index is 2280. The molecule has 1 aromatic heterocycles. The Morgan fingerprint density at radius 1 is 1.10 bits per heavy atom. The van der Waals surface area contributed by atoms with Gasteiger partial charge < -0.3 is 23.8 Å². The van der Waals surface area contributed by atoms with Crippen molar-refractivity contribution in [1.82, 2.24) is 24.6 Å². The number of aromatic nitrogens is 3. The van der Waals surface area contributed by atoms with E-state index in [0.717, 1.165) is 31.3 Å². The number of hydrogen-bond acceptors (Lipinski definition) is 12. The summed E-state index contributed by atoms with van der Waals surface area (Å²) < 4.78 is 70.7. The maximum atomic E-state index is 16.2. The van der Waals surface area contributed by atoms with Gasteiger partial charge in [0.25, 0.3) is 0 Å². The van der Waals surface area contributed by atoms with E-state index in [1.165, 1.54) is 59.4 Å². The smallest absolute Gasteiger partial charge is 0.320 e. The third-order valence-corrected chi connectivity index (χ3v) is 11.6. The Labute approximate surface area is 349 Å². The van der Waals surface area contributed by atoms with E-state index in [4.69, 9.17) is 30.8 Å². The molecule has 4 aromatic rings. The number of nitriles is 1. The van der Waals surface area contributed by atoms with Gasteiger partial charge in [0.1, 0.15) is 42.5 Å². The van der Waals surface area contributed by atoms with E-state index in [2.05, 4.69) is 19.8 Å². The number of likely N-dealkylation sites (N-methyl/N-ethyl adjacent to an activating group) is 1.